The van der Waals surface area contributed by atoms with Crippen LogP contribution in [0.2, 0.25) is 0 Å². The normalized spacial score (nSPS) is 22.1. The van der Waals surface area contributed by atoms with Crippen LogP contribution in [0, 0.1) is 5.92 Å². The van der Waals surface area contributed by atoms with Gasteiger partial charge in [0, 0.05) is 13.1 Å². The maximum absolute atomic E-state index is 11.8. The number of esters is 1. The molecule has 0 aromatic carbocycles. The highest BCUT2D eigenvalue weighted by molar-refractivity contribution is 5.76. The lowest BCUT2D eigenvalue weighted by Crippen LogP contribution is -2.46. The number of rotatable bonds is 8. The molecule has 0 aliphatic carbocycles. The number of carbonyl (C=O) groups excluding carboxylic acids is 1. The van der Waals surface area contributed by atoms with Gasteiger partial charge < -0.3 is 15.0 Å². The van der Waals surface area contributed by atoms with Crippen molar-refractivity contribution < 1.29 is 9.53 Å². The standard InChI is InChI=1S/C14H28N2O2/c1-4-7-12-8-9-16(10-12)11-13(15-5-2)14(17)18-6-3/h12-13,15H,4-11H2,1-3H3. The first-order valence-corrected chi connectivity index (χ1v) is 7.33. The number of nitrogens with one attached hydrogen (secondary N) is 1. The molecule has 0 amide bonds. The zero-order valence-electron chi connectivity index (χ0n) is 12.1. The van der Waals surface area contributed by atoms with Gasteiger partial charge in [0.15, 0.2) is 0 Å². The van der Waals surface area contributed by atoms with Crippen molar-refractivity contribution in [3.05, 3.63) is 0 Å². The summed E-state index contributed by atoms with van der Waals surface area (Å²) >= 11 is 0. The molecular formula is C14H28N2O2. The quantitative estimate of drug-likeness (QED) is 0.671. The molecule has 1 rings (SSSR count). The van der Waals surface area contributed by atoms with Crippen molar-refractivity contribution in [2.24, 2.45) is 5.92 Å². The van der Waals surface area contributed by atoms with Crippen LogP contribution in [0.25, 0.3) is 0 Å². The van der Waals surface area contributed by atoms with Gasteiger partial charge in [0.2, 0.25) is 0 Å². The van der Waals surface area contributed by atoms with E-state index in [1.165, 1.54) is 19.3 Å². The Morgan fingerprint density at radius 1 is 1.44 bits per heavy atom. The molecule has 0 aromatic heterocycles. The minimum atomic E-state index is -0.171. The molecule has 2 unspecified atom stereocenters. The SMILES string of the molecule is CCCC1CCN(CC(NCC)C(=O)OCC)C1. The monoisotopic (exact) mass is 256 g/mol. The summed E-state index contributed by atoms with van der Waals surface area (Å²) < 4.78 is 5.11. The van der Waals surface area contributed by atoms with E-state index in [0.717, 1.165) is 32.1 Å². The largest absolute Gasteiger partial charge is 0.465 e. The average Bonchev–Trinajstić information content (AvgIpc) is 2.77. The summed E-state index contributed by atoms with van der Waals surface area (Å²) in [7, 11) is 0. The highest BCUT2D eigenvalue weighted by Crippen LogP contribution is 2.20. The number of nitrogens with zero attached hydrogens (tertiary/aromatic N) is 1. The Morgan fingerprint density at radius 3 is 2.83 bits per heavy atom. The lowest BCUT2D eigenvalue weighted by molar-refractivity contribution is -0.146. The molecule has 0 bridgehead atoms. The molecule has 4 heteroatoms. The molecule has 0 spiro atoms. The number of carbonyl (C=O) groups is 1. The minimum absolute atomic E-state index is 0.113. The second-order valence-electron chi connectivity index (χ2n) is 5.07. The van der Waals surface area contributed by atoms with Gasteiger partial charge in [-0.3, -0.25) is 4.79 Å². The topological polar surface area (TPSA) is 41.6 Å². The van der Waals surface area contributed by atoms with Crippen molar-refractivity contribution in [1.29, 1.82) is 0 Å². The number of hydrogen-bond acceptors (Lipinski definition) is 4. The third-order valence-electron chi connectivity index (χ3n) is 3.53. The predicted molar refractivity (Wildman–Crippen MR) is 73.6 cm³/mol. The molecule has 2 atom stereocenters. The molecule has 1 aliphatic rings. The van der Waals surface area contributed by atoms with Crippen molar-refractivity contribution in [3.8, 4) is 0 Å². The molecular weight excluding hydrogens is 228 g/mol. The van der Waals surface area contributed by atoms with Crippen LogP contribution in [0.1, 0.15) is 40.0 Å². The van der Waals surface area contributed by atoms with Crippen molar-refractivity contribution in [3.63, 3.8) is 0 Å². The highest BCUT2D eigenvalue weighted by atomic mass is 16.5. The van der Waals surface area contributed by atoms with Gasteiger partial charge in [0.25, 0.3) is 0 Å². The first-order chi connectivity index (χ1) is 8.71. The predicted octanol–water partition coefficient (Wildman–Crippen LogP) is 1.65. The molecule has 18 heavy (non-hydrogen) atoms. The number of ether oxygens (including phenoxy) is 1. The fraction of sp³-hybridized carbons (Fsp3) is 0.929. The molecule has 0 radical (unpaired) electrons. The van der Waals surface area contributed by atoms with Crippen LogP contribution in [-0.2, 0) is 9.53 Å². The van der Waals surface area contributed by atoms with E-state index in [0.29, 0.717) is 6.61 Å². The summed E-state index contributed by atoms with van der Waals surface area (Å²) in [6.07, 6.45) is 3.84. The number of hydrogen-bond donors (Lipinski definition) is 1. The van der Waals surface area contributed by atoms with E-state index in [9.17, 15) is 4.79 Å². The Balaban J connectivity index is 2.39. The van der Waals surface area contributed by atoms with Gasteiger partial charge >= 0.3 is 5.97 Å². The van der Waals surface area contributed by atoms with E-state index < -0.39 is 0 Å². The van der Waals surface area contributed by atoms with E-state index in [1.807, 2.05) is 13.8 Å². The number of likely N-dealkylation sites (tertiary alicyclic amines) is 1. The van der Waals surface area contributed by atoms with Crippen LogP contribution >= 0.6 is 0 Å². The van der Waals surface area contributed by atoms with Crippen molar-refractivity contribution in [2.75, 3.05) is 32.8 Å². The maximum atomic E-state index is 11.8. The molecule has 1 heterocycles. The molecule has 106 valence electrons. The van der Waals surface area contributed by atoms with Crippen LogP contribution < -0.4 is 5.32 Å². The van der Waals surface area contributed by atoms with E-state index in [2.05, 4.69) is 17.1 Å². The minimum Gasteiger partial charge on any atom is -0.465 e. The molecule has 4 nitrogen and oxygen atoms in total. The lowest BCUT2D eigenvalue weighted by atomic mass is 10.0. The summed E-state index contributed by atoms with van der Waals surface area (Å²) in [5.41, 5.74) is 0. The smallest absolute Gasteiger partial charge is 0.324 e. The van der Waals surface area contributed by atoms with Crippen LogP contribution in [0.5, 0.6) is 0 Å². The van der Waals surface area contributed by atoms with Gasteiger partial charge in [-0.2, -0.15) is 0 Å². The highest BCUT2D eigenvalue weighted by Gasteiger charge is 2.27. The lowest BCUT2D eigenvalue weighted by Gasteiger charge is -2.23. The van der Waals surface area contributed by atoms with Gasteiger partial charge in [-0.1, -0.05) is 20.3 Å². The molecule has 1 N–H and O–H groups in total. The molecule has 1 saturated heterocycles. The van der Waals surface area contributed by atoms with E-state index in [-0.39, 0.29) is 12.0 Å². The second kappa shape index (κ2) is 8.48. The van der Waals surface area contributed by atoms with Crippen LogP contribution in [-0.4, -0.2) is 49.7 Å². The summed E-state index contributed by atoms with van der Waals surface area (Å²) in [6, 6.07) is -0.171. The maximum Gasteiger partial charge on any atom is 0.324 e. The van der Waals surface area contributed by atoms with Gasteiger partial charge in [0.1, 0.15) is 6.04 Å². The molecule has 0 saturated carbocycles. The fourth-order valence-corrected chi connectivity index (χ4v) is 2.69. The second-order valence-corrected chi connectivity index (χ2v) is 5.07. The van der Waals surface area contributed by atoms with E-state index in [1.54, 1.807) is 0 Å². The van der Waals surface area contributed by atoms with Crippen molar-refractivity contribution in [1.82, 2.24) is 10.2 Å². The van der Waals surface area contributed by atoms with Crippen molar-refractivity contribution in [2.45, 2.75) is 46.1 Å². The summed E-state index contributed by atoms with van der Waals surface area (Å²) in [4.78, 5) is 14.2. The zero-order valence-corrected chi connectivity index (χ0v) is 12.1. The van der Waals surface area contributed by atoms with Crippen LogP contribution in [0.4, 0.5) is 0 Å². The average molecular weight is 256 g/mol. The molecule has 0 aromatic rings. The fourth-order valence-electron chi connectivity index (χ4n) is 2.69. The van der Waals surface area contributed by atoms with Gasteiger partial charge in [0.05, 0.1) is 6.61 Å². The third-order valence-corrected chi connectivity index (χ3v) is 3.53. The Morgan fingerprint density at radius 2 is 2.22 bits per heavy atom. The Kier molecular flexibility index (Phi) is 7.28. The van der Waals surface area contributed by atoms with Crippen LogP contribution in [0.3, 0.4) is 0 Å². The Bertz CT molecular complexity index is 246. The van der Waals surface area contributed by atoms with Crippen LogP contribution in [0.15, 0.2) is 0 Å². The van der Waals surface area contributed by atoms with Gasteiger partial charge in [-0.15, -0.1) is 0 Å². The van der Waals surface area contributed by atoms with Gasteiger partial charge in [-0.25, -0.2) is 0 Å². The summed E-state index contributed by atoms with van der Waals surface area (Å²) in [5.74, 6) is 0.706. The first kappa shape index (κ1) is 15.4. The first-order valence-electron chi connectivity index (χ1n) is 7.33. The molecule has 1 fully saturated rings. The van der Waals surface area contributed by atoms with Gasteiger partial charge in [-0.05, 0) is 38.8 Å². The van der Waals surface area contributed by atoms with E-state index >= 15 is 0 Å². The number of likely N-dealkylation sites (N-methyl/N-ethyl adjacent to an activating group) is 1. The Hall–Kier alpha value is -0.610. The van der Waals surface area contributed by atoms with E-state index in [4.69, 9.17) is 4.74 Å². The Labute approximate surface area is 111 Å². The summed E-state index contributed by atoms with van der Waals surface area (Å²) in [6.45, 7) is 10.4. The zero-order chi connectivity index (χ0) is 13.4. The van der Waals surface area contributed by atoms with Crippen molar-refractivity contribution >= 4 is 5.97 Å². The molecule has 1 aliphatic heterocycles. The third kappa shape index (κ3) is 4.94. The summed E-state index contributed by atoms with van der Waals surface area (Å²) in [5, 5.41) is 3.22.